The molecule has 0 atom stereocenters. The van der Waals surface area contributed by atoms with E-state index in [4.69, 9.17) is 16.1 Å². The highest BCUT2D eigenvalue weighted by Gasteiger charge is 2.24. The van der Waals surface area contributed by atoms with Crippen LogP contribution in [0.4, 0.5) is 14.5 Å². The molecular formula is C19H18ClF2N5O. The molecule has 0 fully saturated rings. The van der Waals surface area contributed by atoms with E-state index < -0.39 is 11.6 Å². The summed E-state index contributed by atoms with van der Waals surface area (Å²) in [6.07, 6.45) is 1.58. The van der Waals surface area contributed by atoms with Gasteiger partial charge in [0.25, 0.3) is 0 Å². The Kier molecular flexibility index (Phi) is 4.97. The largest absolute Gasteiger partial charge is 0.365 e. The number of hydrogen-bond donors (Lipinski definition) is 0. The van der Waals surface area contributed by atoms with E-state index in [1.54, 1.807) is 0 Å². The topological polar surface area (TPSA) is 67.9 Å². The first-order valence-electron chi connectivity index (χ1n) is 9.02. The molecule has 0 amide bonds. The molecule has 6 nitrogen and oxygen atoms in total. The second-order valence-electron chi connectivity index (χ2n) is 7.02. The van der Waals surface area contributed by atoms with Gasteiger partial charge in [0.2, 0.25) is 11.7 Å². The number of rotatable bonds is 4. The Morgan fingerprint density at radius 3 is 2.75 bits per heavy atom. The predicted molar refractivity (Wildman–Crippen MR) is 100 cm³/mol. The number of aromatic nitrogens is 4. The first kappa shape index (κ1) is 18.7. The lowest BCUT2D eigenvalue weighted by Crippen LogP contribution is -2.30. The van der Waals surface area contributed by atoms with Crippen molar-refractivity contribution in [3.05, 3.63) is 52.0 Å². The third kappa shape index (κ3) is 3.44. The molecule has 0 unspecified atom stereocenters. The molecule has 3 heterocycles. The lowest BCUT2D eigenvalue weighted by molar-refractivity contribution is 0.365. The van der Waals surface area contributed by atoms with Gasteiger partial charge in [-0.3, -0.25) is 0 Å². The first-order valence-corrected chi connectivity index (χ1v) is 9.39. The van der Waals surface area contributed by atoms with Crippen molar-refractivity contribution >= 4 is 17.3 Å². The molecule has 0 spiro atoms. The van der Waals surface area contributed by atoms with E-state index in [-0.39, 0.29) is 23.0 Å². The van der Waals surface area contributed by atoms with E-state index in [1.807, 2.05) is 24.8 Å². The van der Waals surface area contributed by atoms with Gasteiger partial charge >= 0.3 is 0 Å². The van der Waals surface area contributed by atoms with Crippen molar-refractivity contribution in [3.63, 3.8) is 0 Å². The van der Waals surface area contributed by atoms with Crippen LogP contribution in [-0.4, -0.2) is 26.9 Å². The van der Waals surface area contributed by atoms with E-state index in [0.29, 0.717) is 24.0 Å². The van der Waals surface area contributed by atoms with Crippen molar-refractivity contribution in [2.75, 3.05) is 11.4 Å². The number of hydrogen-bond acceptors (Lipinski definition) is 6. The Bertz CT molecular complexity index is 1020. The van der Waals surface area contributed by atoms with Crippen molar-refractivity contribution in [2.24, 2.45) is 0 Å². The highest BCUT2D eigenvalue weighted by molar-refractivity contribution is 6.31. The van der Waals surface area contributed by atoms with Crippen LogP contribution in [0.1, 0.15) is 43.3 Å². The normalized spacial score (nSPS) is 13.9. The van der Waals surface area contributed by atoms with Crippen molar-refractivity contribution in [1.82, 2.24) is 20.3 Å². The minimum atomic E-state index is -0.642. The molecule has 2 aromatic heterocycles. The zero-order chi connectivity index (χ0) is 19.8. The molecule has 1 aliphatic heterocycles. The Labute approximate surface area is 165 Å². The minimum absolute atomic E-state index is 0.0985. The SMILES string of the molecule is CC(C)c1nc(-c2cc3c(nn2)CCCN3Cc2c(F)ccc(F)c2Cl)no1. The molecule has 3 aromatic rings. The zero-order valence-electron chi connectivity index (χ0n) is 15.4. The fourth-order valence-corrected chi connectivity index (χ4v) is 3.38. The molecule has 146 valence electrons. The van der Waals surface area contributed by atoms with Gasteiger partial charge < -0.3 is 9.42 Å². The van der Waals surface area contributed by atoms with Crippen molar-refractivity contribution in [2.45, 2.75) is 39.2 Å². The van der Waals surface area contributed by atoms with E-state index in [2.05, 4.69) is 20.3 Å². The van der Waals surface area contributed by atoms with Gasteiger partial charge in [-0.15, -0.1) is 5.10 Å². The van der Waals surface area contributed by atoms with Crippen LogP contribution in [0.25, 0.3) is 11.5 Å². The van der Waals surface area contributed by atoms with Crippen molar-refractivity contribution in [3.8, 4) is 11.5 Å². The summed E-state index contributed by atoms with van der Waals surface area (Å²) in [6.45, 7) is 4.70. The van der Waals surface area contributed by atoms with Crippen LogP contribution >= 0.6 is 11.6 Å². The van der Waals surface area contributed by atoms with Crippen LogP contribution in [0.5, 0.6) is 0 Å². The molecule has 0 aliphatic carbocycles. The van der Waals surface area contributed by atoms with Gasteiger partial charge in [-0.05, 0) is 31.0 Å². The van der Waals surface area contributed by atoms with Gasteiger partial charge in [0, 0.05) is 24.6 Å². The smallest absolute Gasteiger partial charge is 0.229 e. The van der Waals surface area contributed by atoms with Crippen molar-refractivity contribution in [1.29, 1.82) is 0 Å². The van der Waals surface area contributed by atoms with Crippen LogP contribution in [0, 0.1) is 11.6 Å². The summed E-state index contributed by atoms with van der Waals surface area (Å²) in [7, 11) is 0. The molecule has 28 heavy (non-hydrogen) atoms. The molecule has 0 saturated heterocycles. The molecule has 1 aliphatic rings. The van der Waals surface area contributed by atoms with Gasteiger partial charge in [0.15, 0.2) is 0 Å². The number of halogens is 3. The van der Waals surface area contributed by atoms with E-state index in [0.717, 1.165) is 36.4 Å². The number of benzene rings is 1. The Hall–Kier alpha value is -2.61. The molecule has 0 saturated carbocycles. The number of aryl methyl sites for hydroxylation is 1. The monoisotopic (exact) mass is 405 g/mol. The van der Waals surface area contributed by atoms with Gasteiger partial charge in [-0.2, -0.15) is 10.1 Å². The van der Waals surface area contributed by atoms with Crippen molar-refractivity contribution < 1.29 is 13.3 Å². The average Bonchev–Trinajstić information content (AvgIpc) is 3.18. The number of fused-ring (bicyclic) bond motifs is 1. The lowest BCUT2D eigenvalue weighted by atomic mass is 10.1. The standard InChI is InChI=1S/C19H18ClF2N5O/c1-10(2)19-23-18(26-28-19)15-8-16-14(24-25-15)4-3-7-27(16)9-11-12(21)5-6-13(22)17(11)20/h5-6,8,10H,3-4,7,9H2,1-2H3. The van der Waals surface area contributed by atoms with E-state index >= 15 is 0 Å². The molecular weight excluding hydrogens is 388 g/mol. The second kappa shape index (κ2) is 7.43. The Morgan fingerprint density at radius 2 is 2.00 bits per heavy atom. The third-order valence-corrected chi connectivity index (χ3v) is 5.09. The van der Waals surface area contributed by atoms with Crippen LogP contribution in [0.3, 0.4) is 0 Å². The van der Waals surface area contributed by atoms with E-state index in [1.165, 1.54) is 0 Å². The fraction of sp³-hybridized carbons (Fsp3) is 0.368. The van der Waals surface area contributed by atoms with Gasteiger partial charge in [-0.1, -0.05) is 30.6 Å². The maximum atomic E-state index is 14.2. The van der Waals surface area contributed by atoms with E-state index in [9.17, 15) is 8.78 Å². The average molecular weight is 406 g/mol. The van der Waals surface area contributed by atoms with Gasteiger partial charge in [-0.25, -0.2) is 8.78 Å². The van der Waals surface area contributed by atoms with Gasteiger partial charge in [0.05, 0.1) is 16.4 Å². The number of anilines is 1. The Morgan fingerprint density at radius 1 is 1.21 bits per heavy atom. The maximum Gasteiger partial charge on any atom is 0.229 e. The first-order chi connectivity index (χ1) is 13.4. The molecule has 1 aromatic carbocycles. The van der Waals surface area contributed by atoms with Crippen LogP contribution in [0.15, 0.2) is 22.7 Å². The summed E-state index contributed by atoms with van der Waals surface area (Å²) in [5.41, 5.74) is 2.16. The quantitative estimate of drug-likeness (QED) is 0.594. The molecule has 0 N–H and O–H groups in total. The second-order valence-corrected chi connectivity index (χ2v) is 7.40. The highest BCUT2D eigenvalue weighted by Crippen LogP contribution is 2.32. The zero-order valence-corrected chi connectivity index (χ0v) is 16.2. The molecule has 0 bridgehead atoms. The number of nitrogens with zero attached hydrogens (tertiary/aromatic N) is 5. The minimum Gasteiger partial charge on any atom is -0.365 e. The van der Waals surface area contributed by atoms with Crippen LogP contribution < -0.4 is 4.90 Å². The summed E-state index contributed by atoms with van der Waals surface area (Å²) in [5.74, 6) is -0.224. The summed E-state index contributed by atoms with van der Waals surface area (Å²) in [6, 6.07) is 3.92. The third-order valence-electron chi connectivity index (χ3n) is 4.68. The predicted octanol–water partition coefficient (Wildman–Crippen LogP) is 4.53. The maximum absolute atomic E-state index is 14.2. The summed E-state index contributed by atoms with van der Waals surface area (Å²) >= 11 is 6.00. The summed E-state index contributed by atoms with van der Waals surface area (Å²) in [5, 5.41) is 12.3. The van der Waals surface area contributed by atoms with Crippen LogP contribution in [0.2, 0.25) is 5.02 Å². The fourth-order valence-electron chi connectivity index (χ4n) is 3.17. The van der Waals surface area contributed by atoms with Gasteiger partial charge in [0.1, 0.15) is 17.3 Å². The molecule has 0 radical (unpaired) electrons. The van der Waals surface area contributed by atoms with Crippen LogP contribution in [-0.2, 0) is 13.0 Å². The summed E-state index contributed by atoms with van der Waals surface area (Å²) in [4.78, 5) is 6.27. The highest BCUT2D eigenvalue weighted by atomic mass is 35.5. The Balaban J connectivity index is 1.69. The molecule has 4 rings (SSSR count). The molecule has 9 heteroatoms. The lowest BCUT2D eigenvalue weighted by Gasteiger charge is -2.30. The summed E-state index contributed by atoms with van der Waals surface area (Å²) < 4.78 is 33.3.